The molecule has 0 bridgehead atoms. The Kier molecular flexibility index (Phi) is 7.21. The summed E-state index contributed by atoms with van der Waals surface area (Å²) in [5.41, 5.74) is -0.388. The molecule has 30 heavy (non-hydrogen) atoms. The number of halogens is 3. The van der Waals surface area contributed by atoms with E-state index in [2.05, 4.69) is 37.3 Å². The first-order valence-electron chi connectivity index (χ1n) is 9.98. The summed E-state index contributed by atoms with van der Waals surface area (Å²) >= 11 is 0. The van der Waals surface area contributed by atoms with Crippen molar-refractivity contribution >= 4 is 11.9 Å². The summed E-state index contributed by atoms with van der Waals surface area (Å²) in [4.78, 5) is 20.4. The number of nitrogens with one attached hydrogen (secondary N) is 2. The third kappa shape index (κ3) is 6.66. The van der Waals surface area contributed by atoms with Crippen LogP contribution in [0.4, 0.5) is 13.2 Å². The number of carbonyl (C=O) groups is 1. The highest BCUT2D eigenvalue weighted by molar-refractivity contribution is 5.80. The summed E-state index contributed by atoms with van der Waals surface area (Å²) in [7, 11) is 1.68. The summed E-state index contributed by atoms with van der Waals surface area (Å²) in [6.07, 6.45) is -2.21. The maximum absolute atomic E-state index is 12.8. The molecule has 1 aromatic rings. The van der Waals surface area contributed by atoms with Gasteiger partial charge in [0.15, 0.2) is 5.96 Å². The molecule has 1 aliphatic carbocycles. The minimum Gasteiger partial charge on any atom is -0.352 e. The predicted molar refractivity (Wildman–Crippen MR) is 109 cm³/mol. The summed E-state index contributed by atoms with van der Waals surface area (Å²) in [5.74, 6) is 6.37. The third-order valence-electron chi connectivity index (χ3n) is 4.95. The van der Waals surface area contributed by atoms with E-state index in [0.717, 1.165) is 51.2 Å². The summed E-state index contributed by atoms with van der Waals surface area (Å²) < 4.78 is 38.3. The summed E-state index contributed by atoms with van der Waals surface area (Å²) in [5, 5.41) is 6.12. The molecule has 0 spiro atoms. The molecule has 1 amide bonds. The molecule has 6 nitrogen and oxygen atoms in total. The molecule has 162 valence electrons. The second-order valence-corrected chi connectivity index (χ2v) is 7.39. The molecule has 2 N–H and O–H groups in total. The van der Waals surface area contributed by atoms with Gasteiger partial charge in [-0.2, -0.15) is 13.2 Å². The van der Waals surface area contributed by atoms with Crippen LogP contribution in [0.5, 0.6) is 0 Å². The fourth-order valence-corrected chi connectivity index (χ4v) is 3.20. The maximum atomic E-state index is 12.8. The molecule has 3 rings (SSSR count). The minimum atomic E-state index is -4.38. The van der Waals surface area contributed by atoms with E-state index in [0.29, 0.717) is 24.1 Å². The van der Waals surface area contributed by atoms with Crippen LogP contribution >= 0.6 is 0 Å². The molecule has 0 unspecified atom stereocenters. The zero-order valence-electron chi connectivity index (χ0n) is 16.9. The van der Waals surface area contributed by atoms with Crippen LogP contribution in [0, 0.1) is 11.8 Å². The zero-order chi connectivity index (χ0) is 21.6. The van der Waals surface area contributed by atoms with Crippen molar-refractivity contribution in [2.75, 3.05) is 46.3 Å². The van der Waals surface area contributed by atoms with Gasteiger partial charge in [0.05, 0.1) is 18.7 Å². The predicted octanol–water partition coefficient (Wildman–Crippen LogP) is 1.53. The van der Waals surface area contributed by atoms with Gasteiger partial charge in [0.25, 0.3) is 0 Å². The molecule has 2 aliphatic rings. The molecule has 2 fully saturated rings. The van der Waals surface area contributed by atoms with E-state index in [1.54, 1.807) is 13.1 Å². The lowest BCUT2D eigenvalue weighted by Gasteiger charge is -2.36. The number of hydrogen-bond acceptors (Lipinski definition) is 3. The van der Waals surface area contributed by atoms with Gasteiger partial charge >= 0.3 is 6.18 Å². The summed E-state index contributed by atoms with van der Waals surface area (Å²) in [6, 6.07) is 5.35. The number of guanidine groups is 1. The molecule has 1 heterocycles. The Bertz CT molecular complexity index is 831. The Morgan fingerprint density at radius 3 is 2.60 bits per heavy atom. The van der Waals surface area contributed by atoms with Gasteiger partial charge in [-0.3, -0.25) is 14.7 Å². The van der Waals surface area contributed by atoms with E-state index in [9.17, 15) is 18.0 Å². The van der Waals surface area contributed by atoms with Crippen LogP contribution in [0.3, 0.4) is 0 Å². The second-order valence-electron chi connectivity index (χ2n) is 7.39. The van der Waals surface area contributed by atoms with Crippen LogP contribution in [-0.4, -0.2) is 74.0 Å². The van der Waals surface area contributed by atoms with Crippen LogP contribution < -0.4 is 10.6 Å². The number of aliphatic imine (C=N–C) groups is 1. The number of nitrogens with zero attached hydrogens (tertiary/aromatic N) is 3. The van der Waals surface area contributed by atoms with Gasteiger partial charge in [-0.1, -0.05) is 17.9 Å². The average molecular weight is 421 g/mol. The number of benzene rings is 1. The lowest BCUT2D eigenvalue weighted by molar-refractivity contribution is -0.137. The number of carbonyl (C=O) groups excluding carboxylic acids is 1. The van der Waals surface area contributed by atoms with Gasteiger partial charge in [-0.15, -0.1) is 0 Å². The zero-order valence-corrected chi connectivity index (χ0v) is 16.9. The van der Waals surface area contributed by atoms with E-state index >= 15 is 0 Å². The Balaban J connectivity index is 1.43. The molecule has 1 aromatic carbocycles. The number of hydrogen-bond donors (Lipinski definition) is 2. The van der Waals surface area contributed by atoms with Crippen molar-refractivity contribution in [3.8, 4) is 11.8 Å². The highest BCUT2D eigenvalue weighted by atomic mass is 19.4. The fraction of sp³-hybridized carbons (Fsp3) is 0.524. The van der Waals surface area contributed by atoms with E-state index < -0.39 is 11.7 Å². The van der Waals surface area contributed by atoms with E-state index in [4.69, 9.17) is 0 Å². The van der Waals surface area contributed by atoms with Crippen molar-refractivity contribution in [3.05, 3.63) is 35.4 Å². The SMILES string of the molecule is CN=C(NCC#Cc1cccc(C(F)(F)F)c1)N1CCN(CC(=O)NC2CC2)CC1. The molecule has 0 radical (unpaired) electrons. The largest absolute Gasteiger partial charge is 0.416 e. The van der Waals surface area contributed by atoms with Crippen LogP contribution in [0.25, 0.3) is 0 Å². The van der Waals surface area contributed by atoms with Crippen molar-refractivity contribution in [3.63, 3.8) is 0 Å². The smallest absolute Gasteiger partial charge is 0.352 e. The maximum Gasteiger partial charge on any atom is 0.416 e. The number of amides is 1. The van der Waals surface area contributed by atoms with E-state index in [1.165, 1.54) is 6.07 Å². The molecule has 1 saturated carbocycles. The topological polar surface area (TPSA) is 60.0 Å². The minimum absolute atomic E-state index is 0.0818. The van der Waals surface area contributed by atoms with Crippen LogP contribution in [0.1, 0.15) is 24.0 Å². The fourth-order valence-electron chi connectivity index (χ4n) is 3.20. The third-order valence-corrected chi connectivity index (χ3v) is 4.95. The number of alkyl halides is 3. The Labute approximate surface area is 174 Å². The summed E-state index contributed by atoms with van der Waals surface area (Å²) in [6.45, 7) is 3.67. The first kappa shape index (κ1) is 22.0. The van der Waals surface area contributed by atoms with Crippen molar-refractivity contribution in [1.82, 2.24) is 20.4 Å². The standard InChI is InChI=1S/C21H26F3N5O/c1-25-20(26-9-3-5-16-4-2-6-17(14-16)21(22,23)24)29-12-10-28(11-13-29)15-19(30)27-18-7-8-18/h2,4,6,14,18H,7-13,15H2,1H3,(H,25,26)(H,27,30). The Hall–Kier alpha value is -2.73. The van der Waals surface area contributed by atoms with Gasteiger partial charge in [0.2, 0.25) is 5.91 Å². The molecule has 9 heteroatoms. The van der Waals surface area contributed by atoms with Gasteiger partial charge in [0, 0.05) is 44.8 Å². The molecule has 0 aromatic heterocycles. The first-order valence-corrected chi connectivity index (χ1v) is 9.98. The van der Waals surface area contributed by atoms with Crippen molar-refractivity contribution in [2.24, 2.45) is 4.99 Å². The highest BCUT2D eigenvalue weighted by Crippen LogP contribution is 2.29. The van der Waals surface area contributed by atoms with Crippen molar-refractivity contribution in [2.45, 2.75) is 25.1 Å². The quantitative estimate of drug-likeness (QED) is 0.440. The lowest BCUT2D eigenvalue weighted by Crippen LogP contribution is -2.54. The Morgan fingerprint density at radius 2 is 1.97 bits per heavy atom. The lowest BCUT2D eigenvalue weighted by atomic mass is 10.1. The van der Waals surface area contributed by atoms with Gasteiger partial charge in [-0.25, -0.2) is 0 Å². The van der Waals surface area contributed by atoms with Crippen LogP contribution in [0.2, 0.25) is 0 Å². The average Bonchev–Trinajstić information content (AvgIpc) is 3.52. The van der Waals surface area contributed by atoms with Crippen LogP contribution in [-0.2, 0) is 11.0 Å². The molecular weight excluding hydrogens is 395 g/mol. The first-order chi connectivity index (χ1) is 14.3. The number of rotatable bonds is 4. The van der Waals surface area contributed by atoms with E-state index in [1.807, 2.05) is 0 Å². The molecule has 1 aliphatic heterocycles. The second kappa shape index (κ2) is 9.85. The van der Waals surface area contributed by atoms with Gasteiger partial charge in [-0.05, 0) is 31.0 Å². The normalized spacial score (nSPS) is 17.9. The van der Waals surface area contributed by atoms with Gasteiger partial charge < -0.3 is 15.5 Å². The van der Waals surface area contributed by atoms with Gasteiger partial charge in [0.1, 0.15) is 0 Å². The van der Waals surface area contributed by atoms with Crippen molar-refractivity contribution < 1.29 is 18.0 Å². The molecule has 0 atom stereocenters. The Morgan fingerprint density at radius 1 is 1.23 bits per heavy atom. The molecule has 1 saturated heterocycles. The van der Waals surface area contributed by atoms with Crippen molar-refractivity contribution in [1.29, 1.82) is 0 Å². The molecular formula is C21H26F3N5O. The van der Waals surface area contributed by atoms with Crippen LogP contribution in [0.15, 0.2) is 29.3 Å². The monoisotopic (exact) mass is 421 g/mol. The van der Waals surface area contributed by atoms with E-state index in [-0.39, 0.29) is 12.5 Å². The number of piperazine rings is 1. The highest BCUT2D eigenvalue weighted by Gasteiger charge is 2.30.